The Morgan fingerprint density at radius 2 is 2.06 bits per heavy atom. The topological polar surface area (TPSA) is 69.4 Å². The second kappa shape index (κ2) is 5.18. The summed E-state index contributed by atoms with van der Waals surface area (Å²) in [7, 11) is -3.56. The second-order valence-electron chi connectivity index (χ2n) is 2.91. The second-order valence-corrected chi connectivity index (χ2v) is 4.77. The first-order valence-electron chi connectivity index (χ1n) is 4.39. The molecule has 1 radical (unpaired) electrons. The molecule has 0 unspecified atom stereocenters. The molecule has 0 bridgehead atoms. The van der Waals surface area contributed by atoms with Gasteiger partial charge in [-0.15, -0.1) is 0 Å². The van der Waals surface area contributed by atoms with Crippen molar-refractivity contribution in [1.82, 2.24) is 5.16 Å². The van der Waals surface area contributed by atoms with Crippen molar-refractivity contribution in [2.75, 3.05) is 5.75 Å². The Morgan fingerprint density at radius 3 is 2.75 bits per heavy atom. The number of hydrogen-bond donors (Lipinski definition) is 0. The van der Waals surface area contributed by atoms with Gasteiger partial charge in [0, 0.05) is 29.6 Å². The maximum atomic E-state index is 11.2. The molecular weight excluding hydrogens is 241 g/mol. The smallest absolute Gasteiger partial charge is 0.310 e. The Morgan fingerprint density at radius 1 is 1.38 bits per heavy atom. The fourth-order valence-electron chi connectivity index (χ4n) is 1.10. The van der Waals surface area contributed by atoms with Crippen LogP contribution in [0.2, 0.25) is 0 Å². The molecule has 2 rings (SSSR count). The van der Waals surface area contributed by atoms with E-state index in [9.17, 15) is 8.42 Å². The van der Waals surface area contributed by atoms with Gasteiger partial charge >= 0.3 is 10.1 Å². The quantitative estimate of drug-likeness (QED) is 0.604. The molecule has 0 saturated heterocycles. The molecule has 0 amide bonds. The molecule has 0 aliphatic heterocycles. The van der Waals surface area contributed by atoms with Crippen LogP contribution < -0.4 is 4.18 Å². The molecule has 81 valence electrons. The molecule has 0 aliphatic rings. The van der Waals surface area contributed by atoms with Gasteiger partial charge in [-0.25, -0.2) is 0 Å². The summed E-state index contributed by atoms with van der Waals surface area (Å²) in [5.41, 5.74) is 0.499. The molecule has 7 heteroatoms. The first-order chi connectivity index (χ1) is 7.12. The normalized spacial score (nSPS) is 11.1. The third-order valence-electron chi connectivity index (χ3n) is 1.90. The average Bonchev–Trinajstić information content (AvgIpc) is 2.62. The van der Waals surface area contributed by atoms with Crippen molar-refractivity contribution in [3.05, 3.63) is 24.3 Å². The van der Waals surface area contributed by atoms with Crippen LogP contribution >= 0.6 is 0 Å². The van der Waals surface area contributed by atoms with Crippen LogP contribution in [0.15, 0.2) is 28.8 Å². The van der Waals surface area contributed by atoms with E-state index in [4.69, 9.17) is 8.71 Å². The van der Waals surface area contributed by atoms with E-state index in [0.29, 0.717) is 11.0 Å². The third-order valence-corrected chi connectivity index (χ3v) is 3.02. The third kappa shape index (κ3) is 2.76. The first-order valence-corrected chi connectivity index (χ1v) is 5.96. The van der Waals surface area contributed by atoms with Gasteiger partial charge in [0.05, 0.1) is 11.1 Å². The van der Waals surface area contributed by atoms with Crippen molar-refractivity contribution in [2.45, 2.75) is 6.92 Å². The summed E-state index contributed by atoms with van der Waals surface area (Å²) in [5.74, 6) is -0.110. The summed E-state index contributed by atoms with van der Waals surface area (Å²) >= 11 is 0. The Hall–Kier alpha value is -0.560. The minimum Gasteiger partial charge on any atom is -0.358 e. The number of rotatable bonds is 3. The number of fused-ring (bicyclic) bond motifs is 1. The molecular formula is C9H9NNaO4S. The van der Waals surface area contributed by atoms with Crippen molar-refractivity contribution in [3.63, 3.8) is 0 Å². The van der Waals surface area contributed by atoms with E-state index in [1.165, 1.54) is 6.92 Å². The predicted molar refractivity (Wildman–Crippen MR) is 59.9 cm³/mol. The molecule has 16 heavy (non-hydrogen) atoms. The van der Waals surface area contributed by atoms with Crippen LogP contribution in [0.25, 0.3) is 11.0 Å². The molecule has 1 aromatic carbocycles. The summed E-state index contributed by atoms with van der Waals surface area (Å²) in [6.45, 7) is 1.50. The summed E-state index contributed by atoms with van der Waals surface area (Å²) in [6, 6.07) is 6.90. The molecule has 0 fully saturated rings. The monoisotopic (exact) mass is 250 g/mol. The van der Waals surface area contributed by atoms with E-state index < -0.39 is 10.1 Å². The van der Waals surface area contributed by atoms with Crippen molar-refractivity contribution in [2.24, 2.45) is 0 Å². The van der Waals surface area contributed by atoms with E-state index in [1.807, 2.05) is 0 Å². The maximum absolute atomic E-state index is 11.2. The van der Waals surface area contributed by atoms with Crippen molar-refractivity contribution >= 4 is 50.6 Å². The summed E-state index contributed by atoms with van der Waals surface area (Å²) in [5, 5.41) is 4.10. The molecule has 0 spiro atoms. The molecule has 1 aromatic heterocycles. The molecule has 0 aliphatic carbocycles. The molecule has 0 saturated carbocycles. The molecule has 2 aromatic rings. The summed E-state index contributed by atoms with van der Waals surface area (Å²) in [6.07, 6.45) is 0. The van der Waals surface area contributed by atoms with Crippen LogP contribution in [0, 0.1) is 0 Å². The Bertz CT molecular complexity index is 578. The predicted octanol–water partition coefficient (Wildman–Crippen LogP) is 1.18. The van der Waals surface area contributed by atoms with Gasteiger partial charge in [-0.2, -0.15) is 8.42 Å². The van der Waals surface area contributed by atoms with Gasteiger partial charge in [0.25, 0.3) is 5.88 Å². The van der Waals surface area contributed by atoms with E-state index in [-0.39, 0.29) is 41.2 Å². The minimum absolute atomic E-state index is 0. The van der Waals surface area contributed by atoms with Crippen LogP contribution in [0.1, 0.15) is 6.92 Å². The van der Waals surface area contributed by atoms with Crippen molar-refractivity contribution < 1.29 is 17.1 Å². The van der Waals surface area contributed by atoms with Gasteiger partial charge in [0.1, 0.15) is 0 Å². The van der Waals surface area contributed by atoms with Gasteiger partial charge in [-0.05, 0) is 24.2 Å². The first kappa shape index (κ1) is 13.5. The van der Waals surface area contributed by atoms with Crippen molar-refractivity contribution in [1.29, 1.82) is 0 Å². The van der Waals surface area contributed by atoms with E-state index >= 15 is 0 Å². The van der Waals surface area contributed by atoms with Crippen molar-refractivity contribution in [3.8, 4) is 5.88 Å². The number of para-hydroxylation sites is 1. The average molecular weight is 250 g/mol. The maximum Gasteiger partial charge on any atom is 0.310 e. The Kier molecular flexibility index (Phi) is 4.37. The number of benzene rings is 1. The molecule has 5 nitrogen and oxygen atoms in total. The zero-order valence-electron chi connectivity index (χ0n) is 9.00. The minimum atomic E-state index is -3.56. The Balaban J connectivity index is 0.00000128. The van der Waals surface area contributed by atoms with E-state index in [1.54, 1.807) is 24.3 Å². The van der Waals surface area contributed by atoms with Crippen LogP contribution in [-0.2, 0) is 10.1 Å². The molecule has 1 heterocycles. The van der Waals surface area contributed by atoms with Gasteiger partial charge in [-0.3, -0.25) is 0 Å². The van der Waals surface area contributed by atoms with Crippen LogP contribution in [0.4, 0.5) is 0 Å². The zero-order chi connectivity index (χ0) is 10.9. The van der Waals surface area contributed by atoms with E-state index in [2.05, 4.69) is 5.16 Å². The fourth-order valence-corrected chi connectivity index (χ4v) is 1.58. The molecule has 0 N–H and O–H groups in total. The van der Waals surface area contributed by atoms with Crippen LogP contribution in [-0.4, -0.2) is 48.9 Å². The van der Waals surface area contributed by atoms with Crippen LogP contribution in [0.5, 0.6) is 5.88 Å². The Labute approximate surface area is 115 Å². The number of nitrogens with zero attached hydrogens (tertiary/aromatic N) is 1. The SMILES string of the molecule is CCS(=O)(=O)Oc1noc2ccccc12.[Na]. The van der Waals surface area contributed by atoms with Gasteiger partial charge in [0.15, 0.2) is 5.58 Å². The number of aromatic nitrogens is 1. The fraction of sp³-hybridized carbons (Fsp3) is 0.222. The zero-order valence-corrected chi connectivity index (χ0v) is 11.8. The summed E-state index contributed by atoms with van der Waals surface area (Å²) < 4.78 is 32.1. The summed E-state index contributed by atoms with van der Waals surface area (Å²) in [4.78, 5) is 0. The standard InChI is InChI=1S/C9H9NO4S.Na/c1-2-15(11,12)14-9-7-5-3-4-6-8(7)13-10-9;/h3-6H,2H2,1H3;. The van der Waals surface area contributed by atoms with Gasteiger partial charge < -0.3 is 8.71 Å². The van der Waals surface area contributed by atoms with Crippen LogP contribution in [0.3, 0.4) is 0 Å². The van der Waals surface area contributed by atoms with Gasteiger partial charge in [0.2, 0.25) is 0 Å². The molecule has 0 atom stereocenters. The van der Waals surface area contributed by atoms with E-state index in [0.717, 1.165) is 0 Å². The van der Waals surface area contributed by atoms with Gasteiger partial charge in [-0.1, -0.05) is 12.1 Å². The largest absolute Gasteiger partial charge is 0.358 e. The number of hydrogen-bond acceptors (Lipinski definition) is 5.